The second-order valence-electron chi connectivity index (χ2n) is 16.1. The molecule has 0 spiro atoms. The SMILES string of the molecule is CCCOCCOCCNC(=O)CCC(=O)NCCOCCOCCNC(=O)CCC(=O)N[C@@H](CCCCNC(=O)CCN1C(=O)CC(SCCCC(=N)NCCCC(O)(O[PH](=O)O)O[PH](=O)O)C1=O)C(N)=O. The number of likely N-dealkylation sites (tertiary alicyclic amines) is 1. The molecule has 1 heterocycles. The number of amides is 8. The van der Waals surface area contributed by atoms with Gasteiger partial charge < -0.3 is 71.5 Å². The van der Waals surface area contributed by atoms with E-state index in [1.807, 2.05) is 6.92 Å². The number of aliphatic hydroxyl groups is 1. The number of primary amides is 1. The van der Waals surface area contributed by atoms with Crippen LogP contribution in [0.5, 0.6) is 0 Å². The minimum absolute atomic E-state index is 0.0270. The maximum Gasteiger partial charge on any atom is 0.320 e. The van der Waals surface area contributed by atoms with Gasteiger partial charge in [0.2, 0.25) is 47.3 Å². The van der Waals surface area contributed by atoms with Crippen LogP contribution in [-0.4, -0.2) is 188 Å². The number of unbranched alkanes of at least 4 members (excludes halogenated alkanes) is 1. The Morgan fingerprint density at radius 3 is 1.67 bits per heavy atom. The van der Waals surface area contributed by atoms with E-state index in [2.05, 4.69) is 40.9 Å². The Morgan fingerprint density at radius 2 is 1.16 bits per heavy atom. The summed E-state index contributed by atoms with van der Waals surface area (Å²) in [5.41, 5.74) is 5.47. The lowest BCUT2D eigenvalue weighted by molar-refractivity contribution is -0.277. The molecule has 0 aliphatic carbocycles. The molecule has 1 saturated heterocycles. The van der Waals surface area contributed by atoms with Gasteiger partial charge in [0.1, 0.15) is 6.04 Å². The van der Waals surface area contributed by atoms with E-state index in [0.29, 0.717) is 58.0 Å². The Bertz CT molecular complexity index is 1760. The summed E-state index contributed by atoms with van der Waals surface area (Å²) in [6.07, 6.45) is 1.96. The van der Waals surface area contributed by atoms with Crippen molar-refractivity contribution in [2.45, 2.75) is 114 Å². The van der Waals surface area contributed by atoms with Crippen LogP contribution in [0.2, 0.25) is 0 Å². The fourth-order valence-corrected chi connectivity index (χ4v) is 8.42. The first-order valence-corrected chi connectivity index (χ1v) is 27.7. The van der Waals surface area contributed by atoms with E-state index in [1.54, 1.807) is 0 Å². The molecule has 73 heavy (non-hydrogen) atoms. The molecule has 1 aliphatic heterocycles. The fraction of sp³-hybridized carbons (Fsp3) is 0.786. The highest BCUT2D eigenvalue weighted by Crippen LogP contribution is 2.35. The van der Waals surface area contributed by atoms with Crippen LogP contribution in [0.25, 0.3) is 0 Å². The molecular formula is C42H77N9O19P2S. The molecule has 0 bridgehead atoms. The maximum atomic E-state index is 12.9. The van der Waals surface area contributed by atoms with Gasteiger partial charge in [0, 0.05) is 97.2 Å². The second kappa shape index (κ2) is 41.2. The number of carbonyl (C=O) groups excluding carboxylic acids is 8. The van der Waals surface area contributed by atoms with Crippen LogP contribution in [0.1, 0.15) is 96.8 Å². The molecule has 1 fully saturated rings. The molecule has 8 amide bonds. The van der Waals surface area contributed by atoms with E-state index in [9.17, 15) is 52.6 Å². The van der Waals surface area contributed by atoms with Crippen molar-refractivity contribution in [1.29, 1.82) is 5.41 Å². The Kier molecular flexibility index (Phi) is 37.7. The number of carbonyl (C=O) groups is 8. The van der Waals surface area contributed by atoms with Crippen molar-refractivity contribution in [2.75, 3.05) is 97.9 Å². The molecule has 420 valence electrons. The Hall–Kier alpha value is -4.12. The van der Waals surface area contributed by atoms with Crippen LogP contribution < -0.4 is 37.6 Å². The van der Waals surface area contributed by atoms with Crippen molar-refractivity contribution < 1.29 is 90.4 Å². The molecule has 0 saturated carbocycles. The Morgan fingerprint density at radius 1 is 0.685 bits per heavy atom. The van der Waals surface area contributed by atoms with Crippen molar-refractivity contribution in [3.63, 3.8) is 0 Å². The van der Waals surface area contributed by atoms with Crippen molar-refractivity contribution in [2.24, 2.45) is 5.73 Å². The molecular weight excluding hydrogens is 1030 g/mol. The molecule has 3 unspecified atom stereocenters. The number of ether oxygens (including phenoxy) is 4. The van der Waals surface area contributed by atoms with Gasteiger partial charge in [-0.15, -0.1) is 11.8 Å². The molecule has 0 radical (unpaired) electrons. The smallest absolute Gasteiger partial charge is 0.320 e. The summed E-state index contributed by atoms with van der Waals surface area (Å²) in [5, 5.41) is 33.4. The molecule has 28 nitrogen and oxygen atoms in total. The molecule has 31 heteroatoms. The lowest BCUT2D eigenvalue weighted by atomic mass is 10.1. The normalized spacial score (nSPS) is 15.5. The van der Waals surface area contributed by atoms with Gasteiger partial charge in [-0.25, -0.2) is 0 Å². The number of nitrogens with zero attached hydrogens (tertiary/aromatic N) is 1. The van der Waals surface area contributed by atoms with Crippen molar-refractivity contribution >= 4 is 81.4 Å². The molecule has 1 rings (SSSR count). The first-order valence-electron chi connectivity index (χ1n) is 24.2. The largest absolute Gasteiger partial charge is 0.379 e. The molecule has 0 aromatic carbocycles. The zero-order valence-electron chi connectivity index (χ0n) is 41.5. The van der Waals surface area contributed by atoms with Crippen LogP contribution >= 0.6 is 28.3 Å². The summed E-state index contributed by atoms with van der Waals surface area (Å²) in [4.78, 5) is 117. The maximum absolute atomic E-state index is 12.9. The minimum Gasteiger partial charge on any atom is -0.379 e. The summed E-state index contributed by atoms with van der Waals surface area (Å²) in [6.45, 7) is 5.97. The Balaban J connectivity index is 2.11. The predicted octanol–water partition coefficient (Wildman–Crippen LogP) is -1.55. The summed E-state index contributed by atoms with van der Waals surface area (Å²) in [7, 11) is -7.36. The highest BCUT2D eigenvalue weighted by Gasteiger charge is 2.38. The van der Waals surface area contributed by atoms with Crippen LogP contribution in [0.4, 0.5) is 0 Å². The number of imide groups is 1. The quantitative estimate of drug-likeness (QED) is 0.00821. The number of thioether (sulfide) groups is 1. The van der Waals surface area contributed by atoms with Gasteiger partial charge in [-0.3, -0.25) is 66.8 Å². The topological polar surface area (TPSA) is 412 Å². The fourth-order valence-electron chi connectivity index (χ4n) is 6.38. The number of nitrogens with one attached hydrogen (secondary N) is 7. The summed E-state index contributed by atoms with van der Waals surface area (Å²) in [6, 6.07) is -0.990. The average molecular weight is 1110 g/mol. The lowest BCUT2D eigenvalue weighted by Crippen LogP contribution is -2.44. The number of hydrogen-bond acceptors (Lipinski definition) is 19. The predicted molar refractivity (Wildman–Crippen MR) is 265 cm³/mol. The van der Waals surface area contributed by atoms with Crippen LogP contribution in [-0.2, 0) is 75.5 Å². The van der Waals surface area contributed by atoms with E-state index >= 15 is 0 Å². The first-order chi connectivity index (χ1) is 34.8. The number of amidine groups is 1. The van der Waals surface area contributed by atoms with E-state index in [4.69, 9.17) is 39.9 Å². The zero-order valence-corrected chi connectivity index (χ0v) is 44.3. The van der Waals surface area contributed by atoms with Gasteiger partial charge in [-0.05, 0) is 44.3 Å². The van der Waals surface area contributed by atoms with E-state index in [1.165, 1.54) is 11.8 Å². The highest BCUT2D eigenvalue weighted by atomic mass is 32.2. The zero-order chi connectivity index (χ0) is 54.3. The van der Waals surface area contributed by atoms with E-state index < -0.39 is 75.6 Å². The second-order valence-corrected chi connectivity index (χ2v) is 18.9. The number of nitrogens with two attached hydrogens (primary N) is 1. The third-order valence-corrected chi connectivity index (χ3v) is 12.3. The van der Waals surface area contributed by atoms with E-state index in [-0.39, 0.29) is 135 Å². The van der Waals surface area contributed by atoms with Gasteiger partial charge in [0.15, 0.2) is 0 Å². The molecule has 4 atom stereocenters. The standard InChI is InChI=1S/C42H77N9O19P2S/c1-2-21-65-25-26-66-22-17-47-34(52)9-10-35(53)48-18-23-67-27-28-68-24-19-49-36(54)11-12-38(56)50-31(40(44)58)7-3-4-15-46-37(55)13-20-51-39(57)30-32(41(51)59)73-29-5-8-33(43)45-16-6-14-42(60,69-71(61)62)70-72(63)64/h31-32,60,71-72H,2-30H2,1H3,(H2,43,45)(H2,44,58)(H,46,55)(H,47,52)(H,48,53)(H,49,54)(H,50,56)(H,61,62)(H,63,64)/t31-,32?/m0/s1. The molecule has 0 aromatic rings. The third-order valence-electron chi connectivity index (χ3n) is 10.0. The van der Waals surface area contributed by atoms with Crippen LogP contribution in [0.3, 0.4) is 0 Å². The van der Waals surface area contributed by atoms with Gasteiger partial charge in [0.25, 0.3) is 5.97 Å². The van der Waals surface area contributed by atoms with Gasteiger partial charge in [-0.1, -0.05) is 6.92 Å². The van der Waals surface area contributed by atoms with Crippen molar-refractivity contribution in [3.8, 4) is 0 Å². The van der Waals surface area contributed by atoms with Crippen LogP contribution in [0, 0.1) is 5.41 Å². The number of rotatable bonds is 46. The van der Waals surface area contributed by atoms with Crippen molar-refractivity contribution in [3.05, 3.63) is 0 Å². The lowest BCUT2D eigenvalue weighted by Gasteiger charge is -2.24. The van der Waals surface area contributed by atoms with Crippen molar-refractivity contribution in [1.82, 2.24) is 36.8 Å². The summed E-state index contributed by atoms with van der Waals surface area (Å²) in [5.74, 6) is -5.60. The average Bonchev–Trinajstić information content (AvgIpc) is 3.60. The van der Waals surface area contributed by atoms with Gasteiger partial charge in [-0.2, -0.15) is 0 Å². The highest BCUT2D eigenvalue weighted by molar-refractivity contribution is 8.00. The Labute approximate surface area is 430 Å². The molecule has 12 N–H and O–H groups in total. The third kappa shape index (κ3) is 35.7. The molecule has 0 aromatic heterocycles. The minimum atomic E-state index is -3.68. The number of hydrogen-bond donors (Lipinski definition) is 11. The van der Waals surface area contributed by atoms with Gasteiger partial charge >= 0.3 is 16.5 Å². The van der Waals surface area contributed by atoms with E-state index in [0.717, 1.165) is 11.3 Å². The summed E-state index contributed by atoms with van der Waals surface area (Å²) >= 11 is 1.26. The monoisotopic (exact) mass is 1110 g/mol. The summed E-state index contributed by atoms with van der Waals surface area (Å²) < 4.78 is 51.9. The molecule has 1 aliphatic rings. The first kappa shape index (κ1) is 66.9. The van der Waals surface area contributed by atoms with Crippen LogP contribution in [0.15, 0.2) is 0 Å². The van der Waals surface area contributed by atoms with Gasteiger partial charge in [0.05, 0.1) is 57.3 Å².